The molecule has 2 N–H and O–H groups in total. The van der Waals surface area contributed by atoms with Gasteiger partial charge in [-0.2, -0.15) is 5.10 Å². The van der Waals surface area contributed by atoms with E-state index in [-0.39, 0.29) is 18.2 Å². The fourth-order valence-electron chi connectivity index (χ4n) is 3.23. The number of hydrazone groups is 1. The molecule has 9 nitrogen and oxygen atoms in total. The number of ether oxygens (including phenoxy) is 2. The number of anilines is 1. The van der Waals surface area contributed by atoms with Gasteiger partial charge in [-0.3, -0.25) is 14.9 Å². The van der Waals surface area contributed by atoms with E-state index < -0.39 is 0 Å². The zero-order chi connectivity index (χ0) is 25.9. The molecule has 0 unspecified atom stereocenters. The largest absolute Gasteiger partial charge is 0.490 e. The fourth-order valence-corrected chi connectivity index (χ4v) is 3.96. The number of carbonyl (C=O) groups is 2. The second kappa shape index (κ2) is 12.9. The first-order valence-corrected chi connectivity index (χ1v) is 12.3. The van der Waals surface area contributed by atoms with Gasteiger partial charge >= 0.3 is 0 Å². The van der Waals surface area contributed by atoms with Gasteiger partial charge in [-0.05, 0) is 42.8 Å². The number of hydrogen-bond donors (Lipinski definition) is 2. The van der Waals surface area contributed by atoms with Crippen molar-refractivity contribution in [1.82, 2.24) is 15.6 Å². The number of aryl methyl sites for hydroxylation is 1. The van der Waals surface area contributed by atoms with Crippen LogP contribution in [-0.2, 0) is 11.2 Å². The average molecular weight is 516 g/mol. The third kappa shape index (κ3) is 7.71. The molecule has 37 heavy (non-hydrogen) atoms. The lowest BCUT2D eigenvalue weighted by Crippen LogP contribution is -2.19. The quantitative estimate of drug-likeness (QED) is 0.175. The number of nitrogens with one attached hydrogen (secondary N) is 2. The number of hydrogen-bond acceptors (Lipinski definition) is 8. The van der Waals surface area contributed by atoms with E-state index in [0.717, 1.165) is 22.6 Å². The van der Waals surface area contributed by atoms with Crippen LogP contribution in [0.4, 0.5) is 5.13 Å². The highest BCUT2D eigenvalue weighted by atomic mass is 32.1. The highest BCUT2D eigenvalue weighted by Gasteiger charge is 2.12. The Morgan fingerprint density at radius 1 is 0.892 bits per heavy atom. The molecule has 0 saturated carbocycles. The lowest BCUT2D eigenvalue weighted by Gasteiger charge is -2.11. The van der Waals surface area contributed by atoms with E-state index in [1.165, 1.54) is 6.21 Å². The number of para-hydroxylation sites is 2. The second-order valence-electron chi connectivity index (χ2n) is 7.79. The van der Waals surface area contributed by atoms with Crippen molar-refractivity contribution in [2.24, 2.45) is 5.10 Å². The third-order valence-corrected chi connectivity index (χ3v) is 5.88. The predicted molar refractivity (Wildman–Crippen MR) is 142 cm³/mol. The average Bonchev–Trinajstić information content (AvgIpc) is 3.35. The van der Waals surface area contributed by atoms with Crippen LogP contribution >= 0.6 is 11.3 Å². The number of nitrogens with zero attached hydrogens (tertiary/aromatic N) is 3. The molecular formula is C27H25N5O4S. The summed E-state index contributed by atoms with van der Waals surface area (Å²) in [5.41, 5.74) is 4.76. The normalized spacial score (nSPS) is 10.7. The molecule has 1 aromatic heterocycles. The first-order valence-electron chi connectivity index (χ1n) is 11.5. The Kier molecular flexibility index (Phi) is 8.92. The zero-order valence-electron chi connectivity index (χ0n) is 20.1. The van der Waals surface area contributed by atoms with Crippen LogP contribution in [0.5, 0.6) is 11.5 Å². The van der Waals surface area contributed by atoms with E-state index in [1.807, 2.05) is 61.5 Å². The summed E-state index contributed by atoms with van der Waals surface area (Å²) in [6, 6.07) is 23.9. The standard InChI is InChI=1S/C27H25N5O4S/c1-19-9-5-7-13-22(19)35-15-16-36-23-14-8-6-12-21(23)18-28-30-24(33)17-25-31-32-27(37-25)29-26(34)20-10-3-2-4-11-20/h2-14,18H,15-17H2,1H3,(H,30,33)(H,29,32,34). The summed E-state index contributed by atoms with van der Waals surface area (Å²) in [6.07, 6.45) is 1.49. The van der Waals surface area contributed by atoms with Crippen molar-refractivity contribution >= 4 is 34.5 Å². The van der Waals surface area contributed by atoms with Crippen LogP contribution in [0.2, 0.25) is 0 Å². The Labute approximate surface area is 218 Å². The van der Waals surface area contributed by atoms with Gasteiger partial charge in [0.15, 0.2) is 0 Å². The van der Waals surface area contributed by atoms with Crippen LogP contribution in [0.25, 0.3) is 0 Å². The van der Waals surface area contributed by atoms with E-state index in [4.69, 9.17) is 9.47 Å². The minimum atomic E-state index is -0.363. The van der Waals surface area contributed by atoms with Crippen molar-refractivity contribution < 1.29 is 19.1 Å². The molecule has 4 rings (SSSR count). The minimum absolute atomic E-state index is 0.0232. The molecule has 0 bridgehead atoms. The maximum Gasteiger partial charge on any atom is 0.257 e. The summed E-state index contributed by atoms with van der Waals surface area (Å²) < 4.78 is 11.6. The van der Waals surface area contributed by atoms with Gasteiger partial charge in [0.05, 0.1) is 12.6 Å². The van der Waals surface area contributed by atoms with Crippen molar-refractivity contribution in [1.29, 1.82) is 0 Å². The maximum atomic E-state index is 12.3. The monoisotopic (exact) mass is 515 g/mol. The Hall–Kier alpha value is -4.57. The lowest BCUT2D eigenvalue weighted by molar-refractivity contribution is -0.120. The van der Waals surface area contributed by atoms with Gasteiger partial charge in [-0.15, -0.1) is 10.2 Å². The van der Waals surface area contributed by atoms with Crippen molar-refractivity contribution in [3.8, 4) is 11.5 Å². The summed E-state index contributed by atoms with van der Waals surface area (Å²) in [7, 11) is 0. The summed E-state index contributed by atoms with van der Waals surface area (Å²) in [6.45, 7) is 2.73. The SMILES string of the molecule is Cc1ccccc1OCCOc1ccccc1C=NNC(=O)Cc1nnc(NC(=O)c2ccccc2)s1. The van der Waals surface area contributed by atoms with Crippen molar-refractivity contribution in [2.75, 3.05) is 18.5 Å². The molecule has 3 aromatic carbocycles. The molecule has 0 radical (unpaired) electrons. The molecule has 0 aliphatic carbocycles. The van der Waals surface area contributed by atoms with E-state index >= 15 is 0 Å². The van der Waals surface area contributed by atoms with Crippen molar-refractivity contribution in [3.05, 3.63) is 101 Å². The van der Waals surface area contributed by atoms with Gasteiger partial charge in [0, 0.05) is 11.1 Å². The zero-order valence-corrected chi connectivity index (χ0v) is 20.9. The molecule has 0 aliphatic heterocycles. The summed E-state index contributed by atoms with van der Waals surface area (Å²) in [5.74, 6) is 0.792. The van der Waals surface area contributed by atoms with Gasteiger partial charge in [-0.25, -0.2) is 5.43 Å². The van der Waals surface area contributed by atoms with E-state index in [9.17, 15) is 9.59 Å². The summed E-state index contributed by atoms with van der Waals surface area (Å²) >= 11 is 1.13. The highest BCUT2D eigenvalue weighted by Crippen LogP contribution is 2.19. The minimum Gasteiger partial charge on any atom is -0.490 e. The molecule has 0 saturated heterocycles. The molecular weight excluding hydrogens is 490 g/mol. The van der Waals surface area contributed by atoms with Crippen LogP contribution in [0.3, 0.4) is 0 Å². The fraction of sp³-hybridized carbons (Fsp3) is 0.148. The smallest absolute Gasteiger partial charge is 0.257 e. The molecule has 0 atom stereocenters. The molecule has 2 amide bonds. The van der Waals surface area contributed by atoms with Crippen LogP contribution in [0.1, 0.15) is 26.5 Å². The summed E-state index contributed by atoms with van der Waals surface area (Å²) in [4.78, 5) is 24.5. The van der Waals surface area contributed by atoms with Gasteiger partial charge in [-0.1, -0.05) is 59.9 Å². The number of rotatable bonds is 11. The van der Waals surface area contributed by atoms with Crippen molar-refractivity contribution in [3.63, 3.8) is 0 Å². The van der Waals surface area contributed by atoms with E-state index in [2.05, 4.69) is 26.0 Å². The molecule has 4 aromatic rings. The molecule has 1 heterocycles. The topological polar surface area (TPSA) is 115 Å². The van der Waals surface area contributed by atoms with Gasteiger partial charge in [0.25, 0.3) is 5.91 Å². The van der Waals surface area contributed by atoms with E-state index in [1.54, 1.807) is 24.3 Å². The van der Waals surface area contributed by atoms with Crippen LogP contribution in [0, 0.1) is 6.92 Å². The first kappa shape index (κ1) is 25.5. The predicted octanol–water partition coefficient (Wildman–Crippen LogP) is 4.25. The number of carbonyl (C=O) groups excluding carboxylic acids is 2. The van der Waals surface area contributed by atoms with Gasteiger partial charge in [0.2, 0.25) is 11.0 Å². The molecule has 0 aliphatic rings. The van der Waals surface area contributed by atoms with Crippen molar-refractivity contribution in [2.45, 2.75) is 13.3 Å². The second-order valence-corrected chi connectivity index (χ2v) is 8.85. The number of benzene rings is 3. The third-order valence-electron chi connectivity index (χ3n) is 5.04. The summed E-state index contributed by atoms with van der Waals surface area (Å²) in [5, 5.41) is 15.4. The highest BCUT2D eigenvalue weighted by molar-refractivity contribution is 7.15. The number of aromatic nitrogens is 2. The Balaban J connectivity index is 1.23. The first-order chi connectivity index (χ1) is 18.1. The molecule has 188 valence electrons. The van der Waals surface area contributed by atoms with E-state index in [0.29, 0.717) is 40.2 Å². The van der Waals surface area contributed by atoms with Crippen LogP contribution < -0.4 is 20.2 Å². The lowest BCUT2D eigenvalue weighted by atomic mass is 10.2. The Bertz CT molecular complexity index is 1370. The number of amides is 2. The molecule has 10 heteroatoms. The van der Waals surface area contributed by atoms with Gasteiger partial charge < -0.3 is 9.47 Å². The van der Waals surface area contributed by atoms with Crippen LogP contribution in [0.15, 0.2) is 84.0 Å². The Morgan fingerprint density at radius 3 is 2.35 bits per heavy atom. The van der Waals surface area contributed by atoms with Gasteiger partial charge in [0.1, 0.15) is 29.7 Å². The molecule has 0 spiro atoms. The van der Waals surface area contributed by atoms with Crippen LogP contribution in [-0.4, -0.2) is 41.4 Å². The Morgan fingerprint density at radius 2 is 1.57 bits per heavy atom. The molecule has 0 fully saturated rings. The maximum absolute atomic E-state index is 12.3.